The van der Waals surface area contributed by atoms with E-state index in [1.54, 1.807) is 36.4 Å². The molecular formula is C24H20BrN3O4S. The van der Waals surface area contributed by atoms with Gasteiger partial charge in [-0.3, -0.25) is 10.1 Å². The fourth-order valence-corrected chi connectivity index (χ4v) is 3.81. The van der Waals surface area contributed by atoms with E-state index in [9.17, 15) is 9.90 Å². The zero-order valence-electron chi connectivity index (χ0n) is 17.8. The van der Waals surface area contributed by atoms with Gasteiger partial charge in [0.05, 0.1) is 4.47 Å². The molecule has 0 bridgehead atoms. The van der Waals surface area contributed by atoms with Crippen molar-refractivity contribution < 1.29 is 19.1 Å². The van der Waals surface area contributed by atoms with Crippen LogP contribution in [0, 0.1) is 13.8 Å². The Bertz CT molecular complexity index is 1370. The fraction of sp³-hybridized carbons (Fsp3) is 0.125. The van der Waals surface area contributed by atoms with E-state index in [0.717, 1.165) is 16.7 Å². The summed E-state index contributed by atoms with van der Waals surface area (Å²) in [5, 5.41) is 15.4. The monoisotopic (exact) mass is 525 g/mol. The number of aryl methyl sites for hydroxylation is 2. The molecule has 0 atom stereocenters. The number of oxazole rings is 1. The van der Waals surface area contributed by atoms with Crippen molar-refractivity contribution in [2.75, 3.05) is 11.9 Å². The molecule has 0 spiro atoms. The molecule has 0 fully saturated rings. The van der Waals surface area contributed by atoms with Gasteiger partial charge in [0, 0.05) is 11.3 Å². The molecule has 0 aliphatic carbocycles. The van der Waals surface area contributed by atoms with Crippen LogP contribution in [0.15, 0.2) is 63.5 Å². The summed E-state index contributed by atoms with van der Waals surface area (Å²) in [6, 6.07) is 16.1. The van der Waals surface area contributed by atoms with Crippen LogP contribution in [0.5, 0.6) is 11.5 Å². The van der Waals surface area contributed by atoms with Gasteiger partial charge in [-0.05, 0) is 90.0 Å². The lowest BCUT2D eigenvalue weighted by Gasteiger charge is -2.11. The minimum atomic E-state index is -0.366. The summed E-state index contributed by atoms with van der Waals surface area (Å²) in [6.07, 6.45) is 0. The number of carbonyl (C=O) groups excluding carboxylic acids is 1. The van der Waals surface area contributed by atoms with E-state index >= 15 is 0 Å². The Balaban J connectivity index is 1.38. The zero-order valence-corrected chi connectivity index (χ0v) is 20.2. The molecule has 4 rings (SSSR count). The van der Waals surface area contributed by atoms with Gasteiger partial charge < -0.3 is 19.6 Å². The van der Waals surface area contributed by atoms with Gasteiger partial charge in [-0.25, -0.2) is 4.98 Å². The van der Waals surface area contributed by atoms with Gasteiger partial charge in [0.25, 0.3) is 5.91 Å². The van der Waals surface area contributed by atoms with Gasteiger partial charge in [0.15, 0.2) is 17.3 Å². The summed E-state index contributed by atoms with van der Waals surface area (Å²) < 4.78 is 11.9. The number of aromatic nitrogens is 1. The first-order valence-corrected chi connectivity index (χ1v) is 11.2. The van der Waals surface area contributed by atoms with Gasteiger partial charge in [-0.1, -0.05) is 17.7 Å². The Hall–Kier alpha value is -3.43. The van der Waals surface area contributed by atoms with E-state index in [1.807, 2.05) is 32.0 Å². The Morgan fingerprint density at radius 1 is 1.15 bits per heavy atom. The molecule has 1 amide bonds. The lowest BCUT2D eigenvalue weighted by atomic mass is 10.1. The number of thiocarbonyl (C=S) groups is 1. The molecule has 1 aromatic heterocycles. The van der Waals surface area contributed by atoms with E-state index < -0.39 is 0 Å². The number of nitrogens with one attached hydrogen (secondary N) is 2. The van der Waals surface area contributed by atoms with Gasteiger partial charge in [-0.2, -0.15) is 0 Å². The van der Waals surface area contributed by atoms with E-state index in [2.05, 4.69) is 31.5 Å². The van der Waals surface area contributed by atoms with Crippen LogP contribution in [-0.4, -0.2) is 27.7 Å². The number of carbonyl (C=O) groups is 1. The highest BCUT2D eigenvalue weighted by molar-refractivity contribution is 9.10. The molecule has 1 heterocycles. The molecule has 0 aliphatic rings. The number of hydrogen-bond donors (Lipinski definition) is 3. The maximum Gasteiger partial charge on any atom is 0.264 e. The first kappa shape index (κ1) is 22.8. The molecule has 168 valence electrons. The smallest absolute Gasteiger partial charge is 0.264 e. The summed E-state index contributed by atoms with van der Waals surface area (Å²) in [6.45, 7) is 3.77. The number of ether oxygens (including phenoxy) is 1. The van der Waals surface area contributed by atoms with Crippen LogP contribution in [0.25, 0.3) is 22.6 Å². The predicted molar refractivity (Wildman–Crippen MR) is 135 cm³/mol. The fourth-order valence-electron chi connectivity index (χ4n) is 3.20. The standard InChI is InChI=1S/C24H20BrN3O4S/c1-13-3-7-20(14(2)9-13)31-12-22(30)28-24(33)26-16-5-8-21-18(11-16)27-23(32-21)15-4-6-19(29)17(25)10-15/h3-11,29H,12H2,1-2H3,(H2,26,28,30,33). The second-order valence-electron chi connectivity index (χ2n) is 7.43. The molecule has 3 N–H and O–H groups in total. The lowest BCUT2D eigenvalue weighted by Crippen LogP contribution is -2.37. The maximum atomic E-state index is 12.2. The number of fused-ring (bicyclic) bond motifs is 1. The third-order valence-corrected chi connectivity index (χ3v) is 5.62. The minimum absolute atomic E-state index is 0.135. The average Bonchev–Trinajstić information content (AvgIpc) is 3.18. The number of anilines is 1. The molecule has 3 aromatic carbocycles. The number of phenolic OH excluding ortho intramolecular Hbond substituents is 1. The van der Waals surface area contributed by atoms with Crippen LogP contribution >= 0.6 is 28.1 Å². The summed E-state index contributed by atoms with van der Waals surface area (Å²) in [5.41, 5.74) is 4.67. The van der Waals surface area contributed by atoms with Crippen LogP contribution in [0.1, 0.15) is 11.1 Å². The summed E-state index contributed by atoms with van der Waals surface area (Å²) >= 11 is 8.53. The van der Waals surface area contributed by atoms with Crippen molar-refractivity contribution in [2.45, 2.75) is 13.8 Å². The minimum Gasteiger partial charge on any atom is -0.507 e. The van der Waals surface area contributed by atoms with Crippen molar-refractivity contribution in [3.05, 3.63) is 70.2 Å². The van der Waals surface area contributed by atoms with Crippen LogP contribution in [0.3, 0.4) is 0 Å². The van der Waals surface area contributed by atoms with Crippen LogP contribution in [-0.2, 0) is 4.79 Å². The predicted octanol–water partition coefficient (Wildman–Crippen LogP) is 5.47. The summed E-state index contributed by atoms with van der Waals surface area (Å²) in [7, 11) is 0. The van der Waals surface area contributed by atoms with Crippen LogP contribution < -0.4 is 15.4 Å². The van der Waals surface area contributed by atoms with E-state index in [0.29, 0.717) is 32.9 Å². The second kappa shape index (κ2) is 9.60. The number of phenols is 1. The Labute approximate surface area is 203 Å². The number of halogens is 1. The molecule has 33 heavy (non-hydrogen) atoms. The normalized spacial score (nSPS) is 10.8. The molecule has 0 saturated heterocycles. The van der Waals surface area contributed by atoms with Gasteiger partial charge in [0.1, 0.15) is 17.0 Å². The average molecular weight is 526 g/mol. The van der Waals surface area contributed by atoms with Crippen molar-refractivity contribution in [3.8, 4) is 23.0 Å². The number of rotatable bonds is 5. The van der Waals surface area contributed by atoms with E-state index in [1.165, 1.54) is 0 Å². The number of benzene rings is 3. The molecule has 0 radical (unpaired) electrons. The number of amides is 1. The highest BCUT2D eigenvalue weighted by atomic mass is 79.9. The molecule has 7 nitrogen and oxygen atoms in total. The lowest BCUT2D eigenvalue weighted by molar-refractivity contribution is -0.121. The largest absolute Gasteiger partial charge is 0.507 e. The summed E-state index contributed by atoms with van der Waals surface area (Å²) in [5.74, 6) is 0.844. The van der Waals surface area contributed by atoms with Crippen molar-refractivity contribution in [3.63, 3.8) is 0 Å². The Morgan fingerprint density at radius 3 is 2.73 bits per heavy atom. The molecule has 4 aromatic rings. The maximum absolute atomic E-state index is 12.2. The first-order valence-electron chi connectivity index (χ1n) is 9.99. The van der Waals surface area contributed by atoms with Crippen molar-refractivity contribution in [1.82, 2.24) is 10.3 Å². The Morgan fingerprint density at radius 2 is 1.97 bits per heavy atom. The van der Waals surface area contributed by atoms with Crippen LogP contribution in [0.4, 0.5) is 5.69 Å². The van der Waals surface area contributed by atoms with E-state index in [-0.39, 0.29) is 23.4 Å². The van der Waals surface area contributed by atoms with Gasteiger partial charge in [0.2, 0.25) is 5.89 Å². The van der Waals surface area contributed by atoms with Crippen molar-refractivity contribution in [1.29, 1.82) is 0 Å². The molecule has 9 heteroatoms. The van der Waals surface area contributed by atoms with Gasteiger partial charge in [-0.15, -0.1) is 0 Å². The third-order valence-electron chi connectivity index (χ3n) is 4.78. The number of hydrogen-bond acceptors (Lipinski definition) is 6. The topological polar surface area (TPSA) is 96.6 Å². The molecule has 0 aliphatic heterocycles. The zero-order chi connectivity index (χ0) is 23.5. The number of aromatic hydroxyl groups is 1. The van der Waals surface area contributed by atoms with Crippen molar-refractivity contribution in [2.24, 2.45) is 0 Å². The van der Waals surface area contributed by atoms with Crippen molar-refractivity contribution >= 4 is 56.0 Å². The number of nitrogens with zero attached hydrogens (tertiary/aromatic N) is 1. The molecule has 0 unspecified atom stereocenters. The van der Waals surface area contributed by atoms with E-state index in [4.69, 9.17) is 21.4 Å². The molecular weight excluding hydrogens is 506 g/mol. The second-order valence-corrected chi connectivity index (χ2v) is 8.69. The quantitative estimate of drug-likeness (QED) is 0.297. The van der Waals surface area contributed by atoms with Crippen LogP contribution in [0.2, 0.25) is 0 Å². The third kappa shape index (κ3) is 5.50. The molecule has 0 saturated carbocycles. The van der Waals surface area contributed by atoms with Gasteiger partial charge >= 0.3 is 0 Å². The summed E-state index contributed by atoms with van der Waals surface area (Å²) in [4.78, 5) is 16.7. The highest BCUT2D eigenvalue weighted by Gasteiger charge is 2.12. The highest BCUT2D eigenvalue weighted by Crippen LogP contribution is 2.31. The Kier molecular flexibility index (Phi) is 6.62. The SMILES string of the molecule is Cc1ccc(OCC(=O)NC(=S)Nc2ccc3oc(-c4ccc(O)c(Br)c4)nc3c2)c(C)c1. The first-order chi connectivity index (χ1) is 15.8.